The van der Waals surface area contributed by atoms with Gasteiger partial charge in [0.2, 0.25) is 0 Å². The summed E-state index contributed by atoms with van der Waals surface area (Å²) in [4.78, 5) is 28.6. The molecule has 1 aliphatic carbocycles. The molecule has 0 fully saturated rings. The average molecular weight is 428 g/mol. The van der Waals surface area contributed by atoms with E-state index >= 15 is 0 Å². The molecule has 2 amide bonds. The lowest BCUT2D eigenvalue weighted by molar-refractivity contribution is -0.116. The summed E-state index contributed by atoms with van der Waals surface area (Å²) in [5.41, 5.74) is 5.89. The molecule has 6 nitrogen and oxygen atoms in total. The van der Waals surface area contributed by atoms with Crippen LogP contribution in [0.4, 0.5) is 21.9 Å². The number of amides is 2. The molecule has 2 aromatic carbocycles. The number of nitrogens with one attached hydrogen (secondary N) is 2. The second-order valence-electron chi connectivity index (χ2n) is 8.33. The van der Waals surface area contributed by atoms with Crippen LogP contribution < -0.4 is 15.5 Å². The maximum atomic E-state index is 13.8. The van der Waals surface area contributed by atoms with Crippen LogP contribution >= 0.6 is 0 Å². The first kappa shape index (κ1) is 20.1. The van der Waals surface area contributed by atoms with E-state index in [-0.39, 0.29) is 11.8 Å². The van der Waals surface area contributed by atoms with Gasteiger partial charge < -0.3 is 15.1 Å². The van der Waals surface area contributed by atoms with Gasteiger partial charge in [0.15, 0.2) is 5.78 Å². The Labute approximate surface area is 186 Å². The zero-order valence-electron chi connectivity index (χ0n) is 18.1. The maximum Gasteiger partial charge on any atom is 0.327 e. The highest BCUT2D eigenvalue weighted by molar-refractivity contribution is 6.09. The number of urea groups is 1. The predicted molar refractivity (Wildman–Crippen MR) is 125 cm³/mol. The standard InChI is InChI=1S/C26H25N3O3/c1-16-12-13-18(15-17(16)2)27-26(31)29-21-9-4-3-7-19(21)28-20-8-5-10-22(30)24(20)25(29)23-11-6-14-32-23/h3-4,6-7,9,11-15,25,28H,5,8,10H2,1-2H3,(H,27,31). The van der Waals surface area contributed by atoms with E-state index in [0.717, 1.165) is 35.4 Å². The fourth-order valence-corrected chi connectivity index (χ4v) is 4.48. The Morgan fingerprint density at radius 2 is 1.91 bits per heavy atom. The molecule has 3 aromatic rings. The monoisotopic (exact) mass is 427 g/mol. The number of aryl methyl sites for hydroxylation is 2. The molecular weight excluding hydrogens is 402 g/mol. The molecule has 0 radical (unpaired) electrons. The molecule has 162 valence electrons. The van der Waals surface area contributed by atoms with Crippen LogP contribution in [0.5, 0.6) is 0 Å². The van der Waals surface area contributed by atoms with Gasteiger partial charge in [-0.1, -0.05) is 18.2 Å². The van der Waals surface area contributed by atoms with E-state index in [2.05, 4.69) is 10.6 Å². The topological polar surface area (TPSA) is 74.6 Å². The number of nitrogens with zero attached hydrogens (tertiary/aromatic N) is 1. The minimum absolute atomic E-state index is 0.0388. The van der Waals surface area contributed by atoms with Crippen molar-refractivity contribution < 1.29 is 14.0 Å². The fraction of sp³-hybridized carbons (Fsp3) is 0.231. The van der Waals surface area contributed by atoms with Gasteiger partial charge in [0.1, 0.15) is 11.8 Å². The third-order valence-electron chi connectivity index (χ3n) is 6.23. The number of benzene rings is 2. The van der Waals surface area contributed by atoms with Crippen LogP contribution in [-0.4, -0.2) is 11.8 Å². The molecule has 2 N–H and O–H groups in total. The Bertz CT molecular complexity index is 1230. The van der Waals surface area contributed by atoms with Crippen molar-refractivity contribution in [2.75, 3.05) is 15.5 Å². The first-order chi connectivity index (χ1) is 15.5. The lowest BCUT2D eigenvalue weighted by atomic mass is 9.88. The molecule has 1 unspecified atom stereocenters. The van der Waals surface area contributed by atoms with Gasteiger partial charge in [0, 0.05) is 23.4 Å². The molecule has 1 aromatic heterocycles. The number of anilines is 3. The SMILES string of the molecule is Cc1ccc(NC(=O)N2c3ccccc3NC3=C(C(=O)CCC3)C2c2ccco2)cc1C. The van der Waals surface area contributed by atoms with E-state index in [4.69, 9.17) is 4.42 Å². The summed E-state index contributed by atoms with van der Waals surface area (Å²) in [5.74, 6) is 0.596. The van der Waals surface area contributed by atoms with Crippen molar-refractivity contribution in [2.45, 2.75) is 39.2 Å². The van der Waals surface area contributed by atoms with E-state index in [9.17, 15) is 9.59 Å². The predicted octanol–water partition coefficient (Wildman–Crippen LogP) is 6.11. The summed E-state index contributed by atoms with van der Waals surface area (Å²) in [5, 5.41) is 6.48. The number of Topliss-reactive ketones (excluding diaryl/α,β-unsaturated/α-hetero) is 1. The molecule has 0 spiro atoms. The average Bonchev–Trinajstić information content (AvgIpc) is 3.25. The number of fused-ring (bicyclic) bond motifs is 1. The summed E-state index contributed by atoms with van der Waals surface area (Å²) in [6.07, 6.45) is 3.57. The van der Waals surface area contributed by atoms with E-state index in [1.54, 1.807) is 17.2 Å². The molecular formula is C26H25N3O3. The van der Waals surface area contributed by atoms with Crippen LogP contribution in [0.15, 0.2) is 76.5 Å². The van der Waals surface area contributed by atoms with Crippen LogP contribution in [0.2, 0.25) is 0 Å². The van der Waals surface area contributed by atoms with Gasteiger partial charge in [-0.2, -0.15) is 0 Å². The summed E-state index contributed by atoms with van der Waals surface area (Å²) in [7, 11) is 0. The molecule has 32 heavy (non-hydrogen) atoms. The molecule has 0 saturated carbocycles. The molecule has 1 atom stereocenters. The Kier molecular flexibility index (Phi) is 5.05. The Morgan fingerprint density at radius 3 is 2.69 bits per heavy atom. The van der Waals surface area contributed by atoms with Crippen LogP contribution in [0.1, 0.15) is 42.2 Å². The first-order valence-electron chi connectivity index (χ1n) is 10.9. The Balaban J connectivity index is 1.66. The van der Waals surface area contributed by atoms with Gasteiger partial charge in [-0.15, -0.1) is 0 Å². The van der Waals surface area contributed by atoms with Crippen LogP contribution in [0, 0.1) is 13.8 Å². The number of hydrogen-bond acceptors (Lipinski definition) is 4. The number of rotatable bonds is 2. The van der Waals surface area contributed by atoms with Crippen LogP contribution in [-0.2, 0) is 4.79 Å². The molecule has 1 aliphatic heterocycles. The number of ketones is 1. The fourth-order valence-electron chi connectivity index (χ4n) is 4.48. The van der Waals surface area contributed by atoms with E-state index in [1.165, 1.54) is 0 Å². The van der Waals surface area contributed by atoms with E-state index in [0.29, 0.717) is 29.1 Å². The van der Waals surface area contributed by atoms with Crippen molar-refractivity contribution in [1.82, 2.24) is 0 Å². The quantitative estimate of drug-likeness (QED) is 0.517. The van der Waals surface area contributed by atoms with Gasteiger partial charge >= 0.3 is 6.03 Å². The molecule has 6 heteroatoms. The Morgan fingerprint density at radius 1 is 1.06 bits per heavy atom. The molecule has 2 heterocycles. The summed E-state index contributed by atoms with van der Waals surface area (Å²) >= 11 is 0. The minimum atomic E-state index is -0.657. The maximum absolute atomic E-state index is 13.8. The van der Waals surface area contributed by atoms with Gasteiger partial charge in [-0.05, 0) is 74.2 Å². The molecule has 5 rings (SSSR count). The van der Waals surface area contributed by atoms with Crippen molar-refractivity contribution >= 4 is 28.9 Å². The molecule has 2 aliphatic rings. The first-order valence-corrected chi connectivity index (χ1v) is 10.9. The lowest BCUT2D eigenvalue weighted by Gasteiger charge is -2.32. The second-order valence-corrected chi connectivity index (χ2v) is 8.33. The smallest absolute Gasteiger partial charge is 0.327 e. The van der Waals surface area contributed by atoms with Crippen molar-refractivity contribution in [3.8, 4) is 0 Å². The summed E-state index contributed by atoms with van der Waals surface area (Å²) < 4.78 is 5.77. The molecule has 0 saturated heterocycles. The number of para-hydroxylation sites is 2. The largest absolute Gasteiger partial charge is 0.467 e. The lowest BCUT2D eigenvalue weighted by Crippen LogP contribution is -2.40. The van der Waals surface area contributed by atoms with Crippen molar-refractivity contribution in [3.05, 3.63) is 89.0 Å². The van der Waals surface area contributed by atoms with Gasteiger partial charge in [-0.3, -0.25) is 9.69 Å². The van der Waals surface area contributed by atoms with Crippen LogP contribution in [0.25, 0.3) is 0 Å². The van der Waals surface area contributed by atoms with Gasteiger partial charge in [-0.25, -0.2) is 4.79 Å². The molecule has 0 bridgehead atoms. The highest BCUT2D eigenvalue weighted by atomic mass is 16.3. The Hall–Kier alpha value is -3.80. The third-order valence-corrected chi connectivity index (χ3v) is 6.23. The summed E-state index contributed by atoms with van der Waals surface area (Å²) in [6.45, 7) is 4.05. The van der Waals surface area contributed by atoms with E-state index in [1.807, 2.05) is 62.4 Å². The van der Waals surface area contributed by atoms with E-state index < -0.39 is 6.04 Å². The van der Waals surface area contributed by atoms with Crippen molar-refractivity contribution in [2.24, 2.45) is 0 Å². The van der Waals surface area contributed by atoms with Gasteiger partial charge in [0.05, 0.1) is 17.6 Å². The number of hydrogen-bond donors (Lipinski definition) is 2. The van der Waals surface area contributed by atoms with Crippen molar-refractivity contribution in [1.29, 1.82) is 0 Å². The third kappa shape index (κ3) is 3.47. The van der Waals surface area contributed by atoms with Gasteiger partial charge in [0.25, 0.3) is 0 Å². The summed E-state index contributed by atoms with van der Waals surface area (Å²) in [6, 6.07) is 16.1. The number of carbonyl (C=O) groups excluding carboxylic acids is 2. The number of carbonyl (C=O) groups is 2. The zero-order chi connectivity index (χ0) is 22.2. The zero-order valence-corrected chi connectivity index (χ0v) is 18.1. The normalized spacial score (nSPS) is 17.9. The van der Waals surface area contributed by atoms with Crippen molar-refractivity contribution in [3.63, 3.8) is 0 Å². The number of allylic oxidation sites excluding steroid dienone is 1. The minimum Gasteiger partial charge on any atom is -0.467 e. The highest BCUT2D eigenvalue weighted by Gasteiger charge is 2.41. The number of furan rings is 1. The highest BCUT2D eigenvalue weighted by Crippen LogP contribution is 2.45. The van der Waals surface area contributed by atoms with Crippen LogP contribution in [0.3, 0.4) is 0 Å². The second kappa shape index (κ2) is 8.04.